The lowest BCUT2D eigenvalue weighted by Crippen LogP contribution is -2.16. The lowest BCUT2D eigenvalue weighted by Gasteiger charge is -2.19. The first-order valence-electron chi connectivity index (χ1n) is 6.16. The Hall–Kier alpha value is -1.58. The standard InChI is InChI=1S/C15H17ClN2O/c1-11(19)15-8-7-14(9-17-15)18(2)10-12-3-5-13(16)6-4-12/h3-9,11,19H,10H2,1-2H3/t11-/m0/s1. The van der Waals surface area contributed by atoms with Gasteiger partial charge in [0.15, 0.2) is 0 Å². The van der Waals surface area contributed by atoms with Gasteiger partial charge < -0.3 is 10.0 Å². The van der Waals surface area contributed by atoms with E-state index in [1.54, 1.807) is 13.1 Å². The molecule has 19 heavy (non-hydrogen) atoms. The molecule has 0 saturated carbocycles. The van der Waals surface area contributed by atoms with Crippen LogP contribution in [0.5, 0.6) is 0 Å². The second-order valence-corrected chi connectivity index (χ2v) is 5.04. The monoisotopic (exact) mass is 276 g/mol. The number of hydrogen-bond donors (Lipinski definition) is 1. The first kappa shape index (κ1) is 13.8. The maximum Gasteiger partial charge on any atom is 0.0931 e. The highest BCUT2D eigenvalue weighted by Crippen LogP contribution is 2.18. The number of aromatic nitrogens is 1. The predicted molar refractivity (Wildman–Crippen MR) is 78.4 cm³/mol. The van der Waals surface area contributed by atoms with Crippen molar-refractivity contribution in [3.8, 4) is 0 Å². The SMILES string of the molecule is C[C@H](O)c1ccc(N(C)Cc2ccc(Cl)cc2)cn1. The second kappa shape index (κ2) is 6.04. The van der Waals surface area contributed by atoms with E-state index in [0.717, 1.165) is 17.3 Å². The van der Waals surface area contributed by atoms with Crippen LogP contribution in [0.4, 0.5) is 5.69 Å². The van der Waals surface area contributed by atoms with Gasteiger partial charge in [0.2, 0.25) is 0 Å². The Labute approximate surface area is 118 Å². The topological polar surface area (TPSA) is 36.4 Å². The van der Waals surface area contributed by atoms with Crippen molar-refractivity contribution < 1.29 is 5.11 Å². The summed E-state index contributed by atoms with van der Waals surface area (Å²) in [5.74, 6) is 0. The van der Waals surface area contributed by atoms with Crippen LogP contribution in [-0.4, -0.2) is 17.1 Å². The molecule has 0 spiro atoms. The fourth-order valence-corrected chi connectivity index (χ4v) is 1.95. The molecule has 1 N–H and O–H groups in total. The Morgan fingerprint density at radius 2 is 1.89 bits per heavy atom. The maximum absolute atomic E-state index is 9.43. The van der Waals surface area contributed by atoms with Gasteiger partial charge in [-0.2, -0.15) is 0 Å². The van der Waals surface area contributed by atoms with E-state index >= 15 is 0 Å². The molecule has 0 radical (unpaired) electrons. The molecule has 0 aliphatic carbocycles. The molecule has 0 bridgehead atoms. The molecule has 0 fully saturated rings. The van der Waals surface area contributed by atoms with E-state index in [1.807, 2.05) is 43.4 Å². The first-order valence-corrected chi connectivity index (χ1v) is 6.53. The number of aliphatic hydroxyl groups excluding tert-OH is 1. The largest absolute Gasteiger partial charge is 0.387 e. The van der Waals surface area contributed by atoms with E-state index in [9.17, 15) is 5.11 Å². The molecule has 2 rings (SSSR count). The number of anilines is 1. The fourth-order valence-electron chi connectivity index (χ4n) is 1.83. The number of halogens is 1. The number of rotatable bonds is 4. The average molecular weight is 277 g/mol. The fraction of sp³-hybridized carbons (Fsp3) is 0.267. The van der Waals surface area contributed by atoms with Crippen molar-refractivity contribution in [1.29, 1.82) is 0 Å². The molecule has 0 unspecified atom stereocenters. The molecule has 3 nitrogen and oxygen atoms in total. The van der Waals surface area contributed by atoms with Crippen LogP contribution in [0.25, 0.3) is 0 Å². The summed E-state index contributed by atoms with van der Waals surface area (Å²) in [4.78, 5) is 6.34. The summed E-state index contributed by atoms with van der Waals surface area (Å²) >= 11 is 5.86. The van der Waals surface area contributed by atoms with Crippen molar-refractivity contribution in [2.24, 2.45) is 0 Å². The Morgan fingerprint density at radius 1 is 1.21 bits per heavy atom. The number of nitrogens with zero attached hydrogens (tertiary/aromatic N) is 2. The van der Waals surface area contributed by atoms with E-state index < -0.39 is 6.10 Å². The average Bonchev–Trinajstić information content (AvgIpc) is 2.41. The lowest BCUT2D eigenvalue weighted by atomic mass is 10.2. The Morgan fingerprint density at radius 3 is 2.42 bits per heavy atom. The number of benzene rings is 1. The van der Waals surface area contributed by atoms with E-state index in [2.05, 4.69) is 9.88 Å². The third-order valence-electron chi connectivity index (χ3n) is 2.97. The van der Waals surface area contributed by atoms with Crippen molar-refractivity contribution in [3.05, 3.63) is 58.9 Å². The van der Waals surface area contributed by atoms with E-state index in [0.29, 0.717) is 5.69 Å². The molecule has 4 heteroatoms. The lowest BCUT2D eigenvalue weighted by molar-refractivity contribution is 0.194. The minimum absolute atomic E-state index is 0.532. The van der Waals surface area contributed by atoms with Crippen LogP contribution >= 0.6 is 11.6 Å². The van der Waals surface area contributed by atoms with Gasteiger partial charge in [-0.25, -0.2) is 0 Å². The summed E-state index contributed by atoms with van der Waals surface area (Å²) in [6, 6.07) is 11.6. The van der Waals surface area contributed by atoms with E-state index in [-0.39, 0.29) is 0 Å². The molecule has 1 atom stereocenters. The Bertz CT molecular complexity index is 523. The van der Waals surface area contributed by atoms with Crippen molar-refractivity contribution in [2.75, 3.05) is 11.9 Å². The smallest absolute Gasteiger partial charge is 0.0931 e. The van der Waals surface area contributed by atoms with Crippen molar-refractivity contribution in [3.63, 3.8) is 0 Å². The Balaban J connectivity index is 2.07. The molecule has 0 saturated heterocycles. The Kier molecular flexibility index (Phi) is 4.40. The van der Waals surface area contributed by atoms with Crippen LogP contribution in [0.15, 0.2) is 42.6 Å². The van der Waals surface area contributed by atoms with Crippen molar-refractivity contribution in [2.45, 2.75) is 19.6 Å². The summed E-state index contributed by atoms with van der Waals surface area (Å²) in [5, 5.41) is 10.2. The highest BCUT2D eigenvalue weighted by molar-refractivity contribution is 6.30. The highest BCUT2D eigenvalue weighted by atomic mass is 35.5. The first-order chi connectivity index (χ1) is 9.06. The van der Waals surface area contributed by atoms with Crippen LogP contribution in [0.1, 0.15) is 24.3 Å². The molecule has 1 aromatic carbocycles. The van der Waals surface area contributed by atoms with Gasteiger partial charge in [-0.3, -0.25) is 4.98 Å². The van der Waals surface area contributed by atoms with Gasteiger partial charge >= 0.3 is 0 Å². The summed E-state index contributed by atoms with van der Waals surface area (Å²) in [6.07, 6.45) is 1.24. The van der Waals surface area contributed by atoms with Gasteiger partial charge in [-0.15, -0.1) is 0 Å². The van der Waals surface area contributed by atoms with Gasteiger partial charge in [0.1, 0.15) is 0 Å². The normalized spacial score (nSPS) is 12.2. The molecule has 1 heterocycles. The molecule has 0 amide bonds. The molecule has 2 aromatic rings. The predicted octanol–water partition coefficient (Wildman–Crippen LogP) is 3.42. The highest BCUT2D eigenvalue weighted by Gasteiger charge is 2.05. The summed E-state index contributed by atoms with van der Waals surface area (Å²) in [6.45, 7) is 2.49. The van der Waals surface area contributed by atoms with Crippen LogP contribution in [0.3, 0.4) is 0 Å². The zero-order valence-electron chi connectivity index (χ0n) is 11.0. The molecule has 1 aromatic heterocycles. The molecule has 100 valence electrons. The minimum atomic E-state index is -0.532. The van der Waals surface area contributed by atoms with Gasteiger partial charge in [-0.1, -0.05) is 23.7 Å². The van der Waals surface area contributed by atoms with Crippen LogP contribution in [-0.2, 0) is 6.54 Å². The quantitative estimate of drug-likeness (QED) is 0.929. The number of aliphatic hydroxyl groups is 1. The van der Waals surface area contributed by atoms with Crippen LogP contribution < -0.4 is 4.90 Å². The minimum Gasteiger partial charge on any atom is -0.387 e. The van der Waals surface area contributed by atoms with E-state index in [4.69, 9.17) is 11.6 Å². The van der Waals surface area contributed by atoms with Gasteiger partial charge in [0, 0.05) is 18.6 Å². The third kappa shape index (κ3) is 3.69. The zero-order chi connectivity index (χ0) is 13.8. The van der Waals surface area contributed by atoms with Gasteiger partial charge in [0.25, 0.3) is 0 Å². The summed E-state index contributed by atoms with van der Waals surface area (Å²) in [7, 11) is 2.01. The van der Waals surface area contributed by atoms with Gasteiger partial charge in [0.05, 0.1) is 23.7 Å². The number of hydrogen-bond acceptors (Lipinski definition) is 3. The molecular formula is C15H17ClN2O. The van der Waals surface area contributed by atoms with E-state index in [1.165, 1.54) is 5.56 Å². The van der Waals surface area contributed by atoms with Crippen molar-refractivity contribution in [1.82, 2.24) is 4.98 Å². The van der Waals surface area contributed by atoms with Crippen molar-refractivity contribution >= 4 is 17.3 Å². The third-order valence-corrected chi connectivity index (χ3v) is 3.22. The van der Waals surface area contributed by atoms with Gasteiger partial charge in [-0.05, 0) is 36.8 Å². The zero-order valence-corrected chi connectivity index (χ0v) is 11.8. The van der Waals surface area contributed by atoms with Crippen LogP contribution in [0, 0.1) is 0 Å². The summed E-state index contributed by atoms with van der Waals surface area (Å²) in [5.41, 5.74) is 2.88. The molecule has 0 aliphatic rings. The number of pyridine rings is 1. The van der Waals surface area contributed by atoms with Crippen LogP contribution in [0.2, 0.25) is 5.02 Å². The second-order valence-electron chi connectivity index (χ2n) is 4.60. The maximum atomic E-state index is 9.43. The summed E-state index contributed by atoms with van der Waals surface area (Å²) < 4.78 is 0. The molecular weight excluding hydrogens is 260 g/mol. The molecule has 0 aliphatic heterocycles.